The van der Waals surface area contributed by atoms with Crippen LogP contribution in [0.1, 0.15) is 33.1 Å². The summed E-state index contributed by atoms with van der Waals surface area (Å²) in [6.07, 6.45) is 1.88. The standard InChI is InChI=1S/C13H28N4O2/c1-3-8-15-12(18)5-10-17(4-2)11-6-13(19)16-9-7-14/h3-11,14H2,1-2H3,(H,15,18)(H,16,19). The van der Waals surface area contributed by atoms with E-state index in [1.54, 1.807) is 0 Å². The summed E-state index contributed by atoms with van der Waals surface area (Å²) >= 11 is 0. The van der Waals surface area contributed by atoms with E-state index >= 15 is 0 Å². The molecule has 19 heavy (non-hydrogen) atoms. The van der Waals surface area contributed by atoms with E-state index in [0.29, 0.717) is 39.0 Å². The first-order valence-electron chi connectivity index (χ1n) is 7.09. The van der Waals surface area contributed by atoms with Gasteiger partial charge in [0, 0.05) is 45.6 Å². The highest BCUT2D eigenvalue weighted by molar-refractivity contribution is 5.76. The summed E-state index contributed by atoms with van der Waals surface area (Å²) in [6.45, 7) is 7.97. The van der Waals surface area contributed by atoms with Gasteiger partial charge in [-0.2, -0.15) is 0 Å². The van der Waals surface area contributed by atoms with Gasteiger partial charge < -0.3 is 21.3 Å². The maximum absolute atomic E-state index is 11.5. The highest BCUT2D eigenvalue weighted by Crippen LogP contribution is 1.94. The lowest BCUT2D eigenvalue weighted by atomic mass is 10.3. The molecule has 0 aromatic rings. The molecule has 0 rings (SSSR count). The van der Waals surface area contributed by atoms with Gasteiger partial charge in [0.25, 0.3) is 0 Å². The number of nitrogens with two attached hydrogens (primary N) is 1. The summed E-state index contributed by atoms with van der Waals surface area (Å²) in [5, 5.41) is 5.58. The lowest BCUT2D eigenvalue weighted by molar-refractivity contribution is -0.121. The zero-order valence-corrected chi connectivity index (χ0v) is 12.2. The second-order valence-corrected chi connectivity index (χ2v) is 4.42. The minimum absolute atomic E-state index is 0.0133. The maximum Gasteiger partial charge on any atom is 0.221 e. The van der Waals surface area contributed by atoms with Gasteiger partial charge in [-0.15, -0.1) is 0 Å². The van der Waals surface area contributed by atoms with E-state index in [1.165, 1.54) is 0 Å². The summed E-state index contributed by atoms with van der Waals surface area (Å²) in [7, 11) is 0. The molecule has 0 aliphatic rings. The van der Waals surface area contributed by atoms with Crippen molar-refractivity contribution in [3.05, 3.63) is 0 Å². The Balaban J connectivity index is 3.76. The summed E-state index contributed by atoms with van der Waals surface area (Å²) < 4.78 is 0. The van der Waals surface area contributed by atoms with Crippen LogP contribution in [-0.2, 0) is 9.59 Å². The van der Waals surface area contributed by atoms with Gasteiger partial charge in [0.15, 0.2) is 0 Å². The number of rotatable bonds is 11. The largest absolute Gasteiger partial charge is 0.356 e. The number of hydrogen-bond donors (Lipinski definition) is 3. The lowest BCUT2D eigenvalue weighted by Crippen LogP contribution is -2.35. The van der Waals surface area contributed by atoms with Crippen molar-refractivity contribution in [2.45, 2.75) is 33.1 Å². The Morgan fingerprint density at radius 1 is 1.00 bits per heavy atom. The van der Waals surface area contributed by atoms with E-state index in [-0.39, 0.29) is 11.8 Å². The van der Waals surface area contributed by atoms with Crippen molar-refractivity contribution in [3.63, 3.8) is 0 Å². The van der Waals surface area contributed by atoms with Gasteiger partial charge in [0.1, 0.15) is 0 Å². The molecule has 0 unspecified atom stereocenters. The fourth-order valence-electron chi connectivity index (χ4n) is 1.60. The number of hydrogen-bond acceptors (Lipinski definition) is 4. The van der Waals surface area contributed by atoms with E-state index in [9.17, 15) is 9.59 Å². The predicted octanol–water partition coefficient (Wildman–Crippen LogP) is -0.310. The molecule has 0 aromatic heterocycles. The average Bonchev–Trinajstić information content (AvgIpc) is 2.42. The smallest absolute Gasteiger partial charge is 0.221 e. The van der Waals surface area contributed by atoms with Crippen LogP contribution in [-0.4, -0.2) is 56.0 Å². The van der Waals surface area contributed by atoms with E-state index in [1.807, 2.05) is 13.8 Å². The van der Waals surface area contributed by atoms with E-state index in [4.69, 9.17) is 5.73 Å². The third-order valence-corrected chi connectivity index (χ3v) is 2.80. The highest BCUT2D eigenvalue weighted by atomic mass is 16.2. The minimum atomic E-state index is 0.0133. The molecule has 0 heterocycles. The highest BCUT2D eigenvalue weighted by Gasteiger charge is 2.08. The summed E-state index contributed by atoms with van der Waals surface area (Å²) in [4.78, 5) is 25.0. The van der Waals surface area contributed by atoms with Gasteiger partial charge in [-0.1, -0.05) is 13.8 Å². The molecule has 4 N–H and O–H groups in total. The van der Waals surface area contributed by atoms with Crippen molar-refractivity contribution < 1.29 is 9.59 Å². The van der Waals surface area contributed by atoms with Crippen molar-refractivity contribution in [1.82, 2.24) is 15.5 Å². The van der Waals surface area contributed by atoms with Gasteiger partial charge in [0.2, 0.25) is 11.8 Å². The van der Waals surface area contributed by atoms with Crippen LogP contribution in [0.4, 0.5) is 0 Å². The third-order valence-electron chi connectivity index (χ3n) is 2.80. The zero-order chi connectivity index (χ0) is 14.5. The minimum Gasteiger partial charge on any atom is -0.356 e. The van der Waals surface area contributed by atoms with E-state index in [0.717, 1.165) is 19.5 Å². The van der Waals surface area contributed by atoms with Gasteiger partial charge in [-0.3, -0.25) is 9.59 Å². The van der Waals surface area contributed by atoms with Gasteiger partial charge in [0.05, 0.1) is 0 Å². The molecule has 0 aliphatic carbocycles. The third kappa shape index (κ3) is 10.5. The molecule has 112 valence electrons. The molecule has 0 saturated carbocycles. The fourth-order valence-corrected chi connectivity index (χ4v) is 1.60. The van der Waals surface area contributed by atoms with Crippen LogP contribution < -0.4 is 16.4 Å². The van der Waals surface area contributed by atoms with Crippen LogP contribution in [0.25, 0.3) is 0 Å². The van der Waals surface area contributed by atoms with Crippen molar-refractivity contribution >= 4 is 11.8 Å². The Morgan fingerprint density at radius 3 is 1.95 bits per heavy atom. The van der Waals surface area contributed by atoms with Gasteiger partial charge in [-0.25, -0.2) is 0 Å². The van der Waals surface area contributed by atoms with Crippen LogP contribution in [0.5, 0.6) is 0 Å². The molecular formula is C13H28N4O2. The quantitative estimate of drug-likeness (QED) is 0.481. The van der Waals surface area contributed by atoms with Crippen molar-refractivity contribution in [2.24, 2.45) is 5.73 Å². The molecule has 0 fully saturated rings. The summed E-state index contributed by atoms with van der Waals surface area (Å²) in [5.74, 6) is 0.0900. The zero-order valence-electron chi connectivity index (χ0n) is 12.2. The number of carbonyl (C=O) groups is 2. The average molecular weight is 272 g/mol. The van der Waals surface area contributed by atoms with Crippen LogP contribution in [0, 0.1) is 0 Å². The van der Waals surface area contributed by atoms with E-state index < -0.39 is 0 Å². The predicted molar refractivity (Wildman–Crippen MR) is 76.7 cm³/mol. The second kappa shape index (κ2) is 11.9. The number of carbonyl (C=O) groups excluding carboxylic acids is 2. The topological polar surface area (TPSA) is 87.5 Å². The lowest BCUT2D eigenvalue weighted by Gasteiger charge is -2.19. The monoisotopic (exact) mass is 272 g/mol. The number of amides is 2. The first-order chi connectivity index (χ1) is 9.13. The maximum atomic E-state index is 11.5. The normalized spacial score (nSPS) is 10.5. The summed E-state index contributed by atoms with van der Waals surface area (Å²) in [6, 6.07) is 0. The van der Waals surface area contributed by atoms with Crippen molar-refractivity contribution in [2.75, 3.05) is 39.3 Å². The molecule has 0 saturated heterocycles. The Hall–Kier alpha value is -1.14. The van der Waals surface area contributed by atoms with Crippen LogP contribution >= 0.6 is 0 Å². The van der Waals surface area contributed by atoms with E-state index in [2.05, 4.69) is 15.5 Å². The van der Waals surface area contributed by atoms with Crippen LogP contribution in [0.2, 0.25) is 0 Å². The van der Waals surface area contributed by atoms with Crippen molar-refractivity contribution in [3.8, 4) is 0 Å². The van der Waals surface area contributed by atoms with Gasteiger partial charge in [-0.05, 0) is 13.0 Å². The Bertz CT molecular complexity index is 235. The Kier molecular flexibility index (Phi) is 11.2. The molecule has 0 spiro atoms. The first-order valence-corrected chi connectivity index (χ1v) is 7.09. The molecule has 6 nitrogen and oxygen atoms in total. The second-order valence-electron chi connectivity index (χ2n) is 4.42. The molecule has 0 aliphatic heterocycles. The molecule has 2 amide bonds. The van der Waals surface area contributed by atoms with Crippen LogP contribution in [0.15, 0.2) is 0 Å². The summed E-state index contributed by atoms with van der Waals surface area (Å²) in [5.41, 5.74) is 5.31. The molecule has 0 bridgehead atoms. The number of nitrogens with zero attached hydrogens (tertiary/aromatic N) is 1. The molecule has 0 atom stereocenters. The first kappa shape index (κ1) is 17.9. The molecule has 0 radical (unpaired) electrons. The Morgan fingerprint density at radius 2 is 1.53 bits per heavy atom. The SMILES string of the molecule is CCCNC(=O)CCN(CC)CCC(=O)NCCN. The Labute approximate surface area is 116 Å². The van der Waals surface area contributed by atoms with Crippen LogP contribution in [0.3, 0.4) is 0 Å². The number of nitrogens with one attached hydrogen (secondary N) is 2. The molecular weight excluding hydrogens is 244 g/mol. The molecule has 6 heteroatoms. The molecule has 0 aromatic carbocycles. The fraction of sp³-hybridized carbons (Fsp3) is 0.846. The van der Waals surface area contributed by atoms with Gasteiger partial charge >= 0.3 is 0 Å². The van der Waals surface area contributed by atoms with Crippen molar-refractivity contribution in [1.29, 1.82) is 0 Å².